The Morgan fingerprint density at radius 1 is 1.06 bits per heavy atom. The van der Waals surface area contributed by atoms with Gasteiger partial charge in [0, 0.05) is 24.3 Å². The lowest BCUT2D eigenvalue weighted by Gasteiger charge is -2.24. The fraction of sp³-hybridized carbons (Fsp3) is 0.929. The lowest BCUT2D eigenvalue weighted by Crippen LogP contribution is -2.35. The van der Waals surface area contributed by atoms with Crippen LogP contribution < -0.4 is 0 Å². The molecular formula is C14H24BrNO. The SMILES string of the molecule is O=C(CC1CCCCCC1)N(CCBr)C1CC1. The third kappa shape index (κ3) is 4.27. The molecular weight excluding hydrogens is 278 g/mol. The molecule has 17 heavy (non-hydrogen) atoms. The lowest BCUT2D eigenvalue weighted by molar-refractivity contribution is -0.132. The Morgan fingerprint density at radius 3 is 2.24 bits per heavy atom. The number of nitrogens with zero attached hydrogens (tertiary/aromatic N) is 1. The maximum atomic E-state index is 12.3. The van der Waals surface area contributed by atoms with E-state index in [1.165, 1.54) is 51.4 Å². The Balaban J connectivity index is 1.80. The summed E-state index contributed by atoms with van der Waals surface area (Å²) in [5.74, 6) is 1.08. The molecule has 0 aromatic rings. The first-order chi connectivity index (χ1) is 8.31. The van der Waals surface area contributed by atoms with Gasteiger partial charge in [-0.25, -0.2) is 0 Å². The predicted molar refractivity (Wildman–Crippen MR) is 74.3 cm³/mol. The highest BCUT2D eigenvalue weighted by Gasteiger charge is 2.32. The van der Waals surface area contributed by atoms with Crippen molar-refractivity contribution in [2.24, 2.45) is 5.92 Å². The summed E-state index contributed by atoms with van der Waals surface area (Å²) >= 11 is 3.46. The average molecular weight is 302 g/mol. The van der Waals surface area contributed by atoms with Crippen LogP contribution in [0.2, 0.25) is 0 Å². The Morgan fingerprint density at radius 2 is 1.71 bits per heavy atom. The Hall–Kier alpha value is -0.0500. The number of rotatable bonds is 5. The molecule has 2 saturated carbocycles. The molecule has 2 rings (SSSR count). The molecule has 0 radical (unpaired) electrons. The van der Waals surface area contributed by atoms with Gasteiger partial charge in [-0.05, 0) is 31.6 Å². The molecule has 2 aliphatic carbocycles. The Bertz CT molecular complexity index is 245. The number of halogens is 1. The largest absolute Gasteiger partial charge is 0.339 e. The first kappa shape index (κ1) is 13.4. The average Bonchev–Trinajstić information content (AvgIpc) is 3.13. The van der Waals surface area contributed by atoms with E-state index in [0.29, 0.717) is 17.9 Å². The van der Waals surface area contributed by atoms with Gasteiger partial charge in [0.05, 0.1) is 0 Å². The summed E-state index contributed by atoms with van der Waals surface area (Å²) in [7, 11) is 0. The number of amides is 1. The van der Waals surface area contributed by atoms with Crippen LogP contribution in [0, 0.1) is 5.92 Å². The number of carbonyl (C=O) groups is 1. The molecule has 2 fully saturated rings. The lowest BCUT2D eigenvalue weighted by atomic mass is 9.96. The van der Waals surface area contributed by atoms with Crippen LogP contribution in [0.1, 0.15) is 57.8 Å². The summed E-state index contributed by atoms with van der Waals surface area (Å²) in [6.45, 7) is 0.899. The van der Waals surface area contributed by atoms with E-state index < -0.39 is 0 Å². The van der Waals surface area contributed by atoms with Crippen LogP contribution in [0.25, 0.3) is 0 Å². The number of hydrogen-bond donors (Lipinski definition) is 0. The van der Waals surface area contributed by atoms with Crippen molar-refractivity contribution in [2.45, 2.75) is 63.8 Å². The zero-order chi connectivity index (χ0) is 12.1. The quantitative estimate of drug-likeness (QED) is 0.560. The highest BCUT2D eigenvalue weighted by molar-refractivity contribution is 9.09. The topological polar surface area (TPSA) is 20.3 Å². The zero-order valence-electron chi connectivity index (χ0n) is 10.7. The van der Waals surface area contributed by atoms with Crippen molar-refractivity contribution in [1.82, 2.24) is 4.90 Å². The number of alkyl halides is 1. The molecule has 0 bridgehead atoms. The maximum absolute atomic E-state index is 12.3. The van der Waals surface area contributed by atoms with E-state index in [1.807, 2.05) is 0 Å². The molecule has 0 aromatic carbocycles. The van der Waals surface area contributed by atoms with Crippen LogP contribution in [-0.2, 0) is 4.79 Å². The number of hydrogen-bond acceptors (Lipinski definition) is 1. The van der Waals surface area contributed by atoms with Gasteiger partial charge in [0.25, 0.3) is 0 Å². The summed E-state index contributed by atoms with van der Waals surface area (Å²) < 4.78 is 0. The van der Waals surface area contributed by atoms with Crippen molar-refractivity contribution < 1.29 is 4.79 Å². The molecule has 2 nitrogen and oxygen atoms in total. The highest BCUT2D eigenvalue weighted by Crippen LogP contribution is 2.30. The Labute approximate surface area is 113 Å². The van der Waals surface area contributed by atoms with Crippen LogP contribution in [0.4, 0.5) is 0 Å². The van der Waals surface area contributed by atoms with Crippen LogP contribution in [0.5, 0.6) is 0 Å². The third-order valence-electron chi connectivity index (χ3n) is 4.07. The van der Waals surface area contributed by atoms with Crippen LogP contribution in [0.15, 0.2) is 0 Å². The van der Waals surface area contributed by atoms with Crippen molar-refractivity contribution in [1.29, 1.82) is 0 Å². The van der Waals surface area contributed by atoms with Gasteiger partial charge in [-0.15, -0.1) is 0 Å². The van der Waals surface area contributed by atoms with E-state index in [-0.39, 0.29) is 0 Å². The van der Waals surface area contributed by atoms with E-state index in [2.05, 4.69) is 20.8 Å². The molecule has 0 aromatic heterocycles. The van der Waals surface area contributed by atoms with Crippen molar-refractivity contribution in [2.75, 3.05) is 11.9 Å². The van der Waals surface area contributed by atoms with Gasteiger partial charge >= 0.3 is 0 Å². The predicted octanol–water partition coefficient (Wildman–Crippen LogP) is 3.73. The van der Waals surface area contributed by atoms with Crippen LogP contribution in [0.3, 0.4) is 0 Å². The van der Waals surface area contributed by atoms with Crippen molar-refractivity contribution in [3.05, 3.63) is 0 Å². The van der Waals surface area contributed by atoms with Crippen molar-refractivity contribution in [3.63, 3.8) is 0 Å². The summed E-state index contributed by atoms with van der Waals surface area (Å²) in [6, 6.07) is 0.575. The number of carbonyl (C=O) groups excluding carboxylic acids is 1. The van der Waals surface area contributed by atoms with Gasteiger partial charge in [-0.2, -0.15) is 0 Å². The van der Waals surface area contributed by atoms with Crippen LogP contribution in [-0.4, -0.2) is 28.7 Å². The summed E-state index contributed by atoms with van der Waals surface area (Å²) in [5.41, 5.74) is 0. The minimum absolute atomic E-state index is 0.416. The van der Waals surface area contributed by atoms with Gasteiger partial charge in [0.2, 0.25) is 5.91 Å². The van der Waals surface area contributed by atoms with Gasteiger partial charge in [-0.1, -0.05) is 41.6 Å². The normalized spacial score (nSPS) is 22.2. The summed E-state index contributed by atoms with van der Waals surface area (Å²) in [4.78, 5) is 14.4. The third-order valence-corrected chi connectivity index (χ3v) is 4.43. The molecule has 0 spiro atoms. The zero-order valence-corrected chi connectivity index (χ0v) is 12.3. The molecule has 0 unspecified atom stereocenters. The molecule has 0 heterocycles. The van der Waals surface area contributed by atoms with Gasteiger partial charge in [-0.3, -0.25) is 4.79 Å². The fourth-order valence-electron chi connectivity index (χ4n) is 2.92. The second-order valence-electron chi connectivity index (χ2n) is 5.57. The van der Waals surface area contributed by atoms with E-state index in [1.54, 1.807) is 0 Å². The van der Waals surface area contributed by atoms with E-state index >= 15 is 0 Å². The monoisotopic (exact) mass is 301 g/mol. The molecule has 98 valence electrons. The van der Waals surface area contributed by atoms with E-state index in [4.69, 9.17) is 0 Å². The molecule has 0 atom stereocenters. The minimum atomic E-state index is 0.416. The summed E-state index contributed by atoms with van der Waals surface area (Å²) in [5, 5.41) is 0.917. The van der Waals surface area contributed by atoms with Gasteiger partial charge in [0.15, 0.2) is 0 Å². The van der Waals surface area contributed by atoms with E-state index in [0.717, 1.165) is 18.3 Å². The molecule has 1 amide bonds. The van der Waals surface area contributed by atoms with Crippen molar-refractivity contribution >= 4 is 21.8 Å². The standard InChI is InChI=1S/C14H24BrNO/c15-9-10-16(13-7-8-13)14(17)11-12-5-3-1-2-4-6-12/h12-13H,1-11H2. The molecule has 2 aliphatic rings. The minimum Gasteiger partial charge on any atom is -0.339 e. The smallest absolute Gasteiger partial charge is 0.223 e. The molecule has 3 heteroatoms. The second kappa shape index (κ2) is 6.77. The van der Waals surface area contributed by atoms with Crippen LogP contribution >= 0.6 is 15.9 Å². The van der Waals surface area contributed by atoms with E-state index in [9.17, 15) is 4.79 Å². The maximum Gasteiger partial charge on any atom is 0.223 e. The Kier molecular flexibility index (Phi) is 5.33. The van der Waals surface area contributed by atoms with Crippen molar-refractivity contribution in [3.8, 4) is 0 Å². The second-order valence-corrected chi connectivity index (χ2v) is 6.36. The molecule has 0 N–H and O–H groups in total. The molecule has 0 saturated heterocycles. The first-order valence-corrected chi connectivity index (χ1v) is 8.29. The highest BCUT2D eigenvalue weighted by atomic mass is 79.9. The van der Waals surface area contributed by atoms with Gasteiger partial charge in [0.1, 0.15) is 0 Å². The molecule has 0 aliphatic heterocycles. The first-order valence-electron chi connectivity index (χ1n) is 7.16. The van der Waals surface area contributed by atoms with Gasteiger partial charge < -0.3 is 4.90 Å². The fourth-order valence-corrected chi connectivity index (χ4v) is 3.30. The summed E-state index contributed by atoms with van der Waals surface area (Å²) in [6.07, 6.45) is 11.2.